The van der Waals surface area contributed by atoms with E-state index in [1.54, 1.807) is 18.9 Å². The first-order valence-corrected chi connectivity index (χ1v) is 9.14. The molecule has 0 N–H and O–H groups in total. The summed E-state index contributed by atoms with van der Waals surface area (Å²) < 4.78 is 28.4. The van der Waals surface area contributed by atoms with Crippen molar-refractivity contribution in [2.45, 2.75) is 52.2 Å². The molecular weight excluding hydrogens is 278 g/mol. The highest BCUT2D eigenvalue weighted by atomic mass is 32.2. The van der Waals surface area contributed by atoms with Crippen LogP contribution in [-0.4, -0.2) is 56.5 Å². The maximum atomic E-state index is 12.2. The van der Waals surface area contributed by atoms with Gasteiger partial charge in [0.2, 0.25) is 0 Å². The highest BCUT2D eigenvalue weighted by Gasteiger charge is 2.30. The Balaban J connectivity index is 2.42. The molecule has 1 fully saturated rings. The fraction of sp³-hybridized carbons (Fsp3) is 0.929. The molecule has 1 heterocycles. The van der Waals surface area contributed by atoms with E-state index in [4.69, 9.17) is 4.74 Å². The maximum absolute atomic E-state index is 12.2. The van der Waals surface area contributed by atoms with E-state index < -0.39 is 15.9 Å². The van der Waals surface area contributed by atoms with Crippen molar-refractivity contribution >= 4 is 15.7 Å². The third kappa shape index (κ3) is 5.40. The zero-order valence-corrected chi connectivity index (χ0v) is 13.8. The molecule has 0 radical (unpaired) electrons. The minimum atomic E-state index is -2.89. The quantitative estimate of drug-likeness (QED) is 0.745. The Hall–Kier alpha value is -0.620. The number of amides is 1. The number of carbonyl (C=O) groups excluding carboxylic acids is 1. The van der Waals surface area contributed by atoms with Crippen LogP contribution in [0.25, 0.3) is 0 Å². The van der Waals surface area contributed by atoms with Crippen molar-refractivity contribution in [1.82, 2.24) is 4.90 Å². The monoisotopic (exact) mass is 305 g/mol. The van der Waals surface area contributed by atoms with Gasteiger partial charge in [0.1, 0.15) is 15.9 Å². The van der Waals surface area contributed by atoms with Gasteiger partial charge in [-0.2, -0.15) is 0 Å². The summed E-state index contributed by atoms with van der Waals surface area (Å²) in [5.74, 6) is 0.854. The van der Waals surface area contributed by atoms with Crippen LogP contribution >= 0.6 is 0 Å². The Bertz CT molecular complexity index is 405. The van der Waals surface area contributed by atoms with Gasteiger partial charge in [-0.3, -0.25) is 4.79 Å². The van der Waals surface area contributed by atoms with Gasteiger partial charge in [0.15, 0.2) is 0 Å². The number of hydrogen-bond donors (Lipinski definition) is 0. The molecule has 6 heteroatoms. The Morgan fingerprint density at radius 3 is 2.30 bits per heavy atom. The first-order valence-electron chi connectivity index (χ1n) is 7.31. The number of ether oxygens (including phenoxy) is 1. The molecule has 1 atom stereocenters. The van der Waals surface area contributed by atoms with Gasteiger partial charge in [-0.25, -0.2) is 8.42 Å². The van der Waals surface area contributed by atoms with Gasteiger partial charge in [-0.05, 0) is 32.1 Å². The van der Waals surface area contributed by atoms with Gasteiger partial charge in [0, 0.05) is 19.7 Å². The second-order valence-corrected chi connectivity index (χ2v) is 8.33. The van der Waals surface area contributed by atoms with Gasteiger partial charge in [0.25, 0.3) is 5.91 Å². The zero-order chi connectivity index (χ0) is 15.3. The molecule has 1 unspecified atom stereocenters. The molecule has 1 amide bonds. The van der Waals surface area contributed by atoms with Gasteiger partial charge in [0.05, 0.1) is 11.5 Å². The van der Waals surface area contributed by atoms with Crippen LogP contribution in [0.2, 0.25) is 0 Å². The van der Waals surface area contributed by atoms with E-state index in [-0.39, 0.29) is 23.5 Å². The second kappa shape index (κ2) is 7.41. The average molecular weight is 305 g/mol. The van der Waals surface area contributed by atoms with Crippen LogP contribution < -0.4 is 0 Å². The lowest BCUT2D eigenvalue weighted by atomic mass is 10.1. The van der Waals surface area contributed by atoms with Crippen molar-refractivity contribution in [2.24, 2.45) is 5.92 Å². The molecule has 5 nitrogen and oxygen atoms in total. The maximum Gasteiger partial charge on any atom is 0.251 e. The van der Waals surface area contributed by atoms with Crippen molar-refractivity contribution in [2.75, 3.05) is 25.2 Å². The molecule has 0 aromatic heterocycles. The van der Waals surface area contributed by atoms with Crippen molar-refractivity contribution in [1.29, 1.82) is 0 Å². The highest BCUT2D eigenvalue weighted by Crippen LogP contribution is 2.18. The summed E-state index contributed by atoms with van der Waals surface area (Å²) in [6.07, 6.45) is 1.53. The van der Waals surface area contributed by atoms with Crippen LogP contribution in [0.1, 0.15) is 40.0 Å². The number of carbonyl (C=O) groups is 1. The largest absolute Gasteiger partial charge is 0.369 e. The van der Waals surface area contributed by atoms with E-state index in [2.05, 4.69) is 13.8 Å². The molecular formula is C14H27NO4S. The number of sulfone groups is 1. The third-order valence-corrected chi connectivity index (χ3v) is 5.55. The number of rotatable bonds is 6. The van der Waals surface area contributed by atoms with Crippen molar-refractivity contribution < 1.29 is 17.9 Å². The zero-order valence-electron chi connectivity index (χ0n) is 13.0. The number of nitrogens with zero attached hydrogens (tertiary/aromatic N) is 1. The van der Waals surface area contributed by atoms with Crippen LogP contribution in [0.15, 0.2) is 0 Å². The molecule has 20 heavy (non-hydrogen) atoms. The van der Waals surface area contributed by atoms with Gasteiger partial charge in [-0.1, -0.05) is 13.8 Å². The molecule has 0 spiro atoms. The first-order chi connectivity index (χ1) is 9.23. The van der Waals surface area contributed by atoms with Gasteiger partial charge >= 0.3 is 0 Å². The van der Waals surface area contributed by atoms with Gasteiger partial charge < -0.3 is 9.64 Å². The van der Waals surface area contributed by atoms with E-state index in [1.807, 2.05) is 0 Å². The molecule has 0 aliphatic carbocycles. The smallest absolute Gasteiger partial charge is 0.251 e. The summed E-state index contributed by atoms with van der Waals surface area (Å²) in [5.41, 5.74) is 0. The minimum Gasteiger partial charge on any atom is -0.369 e. The van der Waals surface area contributed by atoms with E-state index in [0.717, 1.165) is 6.42 Å². The Morgan fingerprint density at radius 2 is 1.80 bits per heavy atom. The SMILES string of the molecule is CC(C)CCOC(C)C(=O)N(C)C1CCS(=O)(=O)CC1. The Morgan fingerprint density at radius 1 is 1.25 bits per heavy atom. The normalized spacial score (nSPS) is 20.9. The van der Waals surface area contributed by atoms with E-state index in [9.17, 15) is 13.2 Å². The lowest BCUT2D eigenvalue weighted by Gasteiger charge is -2.32. The summed E-state index contributed by atoms with van der Waals surface area (Å²) in [6.45, 7) is 6.57. The fourth-order valence-corrected chi connectivity index (χ4v) is 3.75. The van der Waals surface area contributed by atoms with Gasteiger partial charge in [-0.15, -0.1) is 0 Å². The number of likely N-dealkylation sites (N-methyl/N-ethyl adjacent to an activating group) is 1. The van der Waals surface area contributed by atoms with Crippen molar-refractivity contribution in [3.05, 3.63) is 0 Å². The summed E-state index contributed by atoms with van der Waals surface area (Å²) >= 11 is 0. The van der Waals surface area contributed by atoms with E-state index >= 15 is 0 Å². The van der Waals surface area contributed by atoms with E-state index in [1.165, 1.54) is 0 Å². The van der Waals surface area contributed by atoms with E-state index in [0.29, 0.717) is 25.4 Å². The molecule has 0 aromatic carbocycles. The topological polar surface area (TPSA) is 63.7 Å². The fourth-order valence-electron chi connectivity index (χ4n) is 2.28. The molecule has 1 aliphatic rings. The summed E-state index contributed by atoms with van der Waals surface area (Å²) in [4.78, 5) is 13.9. The lowest BCUT2D eigenvalue weighted by Crippen LogP contribution is -2.46. The van der Waals surface area contributed by atoms with Crippen LogP contribution in [-0.2, 0) is 19.4 Å². The van der Waals surface area contributed by atoms with Crippen LogP contribution in [0.3, 0.4) is 0 Å². The number of hydrogen-bond acceptors (Lipinski definition) is 4. The molecule has 1 rings (SSSR count). The highest BCUT2D eigenvalue weighted by molar-refractivity contribution is 7.91. The predicted molar refractivity (Wildman–Crippen MR) is 79.3 cm³/mol. The molecule has 0 bridgehead atoms. The summed E-state index contributed by atoms with van der Waals surface area (Å²) in [7, 11) is -1.14. The average Bonchev–Trinajstić information content (AvgIpc) is 2.36. The molecule has 118 valence electrons. The predicted octanol–water partition coefficient (Wildman–Crippen LogP) is 1.47. The Labute approximate surface area is 122 Å². The van der Waals surface area contributed by atoms with Crippen molar-refractivity contribution in [3.63, 3.8) is 0 Å². The molecule has 0 aromatic rings. The third-order valence-electron chi connectivity index (χ3n) is 3.83. The molecule has 0 saturated carbocycles. The second-order valence-electron chi connectivity index (χ2n) is 6.03. The standard InChI is InChI=1S/C14H27NO4S/c1-11(2)5-8-19-12(3)14(16)15(4)13-6-9-20(17,18)10-7-13/h11-13H,5-10H2,1-4H3. The lowest BCUT2D eigenvalue weighted by molar-refractivity contribution is -0.143. The van der Waals surface area contributed by atoms with Crippen molar-refractivity contribution in [3.8, 4) is 0 Å². The Kier molecular flexibility index (Phi) is 6.45. The molecule has 1 saturated heterocycles. The van der Waals surface area contributed by atoms with Crippen LogP contribution in [0.5, 0.6) is 0 Å². The van der Waals surface area contributed by atoms with Crippen LogP contribution in [0, 0.1) is 5.92 Å². The first kappa shape index (κ1) is 17.4. The summed E-state index contributed by atoms with van der Waals surface area (Å²) in [5, 5.41) is 0. The molecule has 1 aliphatic heterocycles. The minimum absolute atomic E-state index is 0.0159. The van der Waals surface area contributed by atoms with Crippen LogP contribution in [0.4, 0.5) is 0 Å². The summed E-state index contributed by atoms with van der Waals surface area (Å²) in [6, 6.07) is 0.0159.